The van der Waals surface area contributed by atoms with Crippen LogP contribution in [0.25, 0.3) is 98.6 Å². The topological polar surface area (TPSA) is 25.8 Å². The zero-order chi connectivity index (χ0) is 33.8. The Morgan fingerprint density at radius 2 is 1.10 bits per heavy atom. The fourth-order valence-electron chi connectivity index (χ4n) is 9.14. The third-order valence-electron chi connectivity index (χ3n) is 11.5. The molecule has 10 aromatic rings. The molecular weight excluding hydrogens is 617 g/mol. The first-order valence-electron chi connectivity index (χ1n) is 17.7. The highest BCUT2D eigenvalue weighted by atomic mass is 14.7. The molecule has 0 saturated heterocycles. The lowest BCUT2D eigenvalue weighted by Gasteiger charge is -2.26. The lowest BCUT2D eigenvalue weighted by molar-refractivity contribution is 0.662. The average Bonchev–Trinajstić information content (AvgIpc) is 3.42. The molecular formula is C49H32N2. The van der Waals surface area contributed by atoms with Gasteiger partial charge in [0.1, 0.15) is 0 Å². The minimum absolute atomic E-state index is 0.196. The molecule has 2 heterocycles. The molecule has 2 nitrogen and oxygen atoms in total. The van der Waals surface area contributed by atoms with Crippen molar-refractivity contribution < 1.29 is 0 Å². The summed E-state index contributed by atoms with van der Waals surface area (Å²) in [7, 11) is 0. The van der Waals surface area contributed by atoms with E-state index in [9.17, 15) is 0 Å². The summed E-state index contributed by atoms with van der Waals surface area (Å²) in [5.41, 5.74) is 13.2. The predicted molar refractivity (Wildman–Crippen MR) is 215 cm³/mol. The molecule has 0 aliphatic heterocycles. The largest absolute Gasteiger partial charge is 0.264 e. The molecule has 0 saturated carbocycles. The maximum absolute atomic E-state index is 5.39. The number of benzene rings is 8. The van der Waals surface area contributed by atoms with Crippen molar-refractivity contribution in [2.24, 2.45) is 0 Å². The van der Waals surface area contributed by atoms with Crippen molar-refractivity contribution in [1.29, 1.82) is 0 Å². The van der Waals surface area contributed by atoms with Gasteiger partial charge in [0.05, 0.1) is 11.2 Å². The molecule has 238 valence electrons. The number of pyridine rings is 2. The first-order chi connectivity index (χ1) is 25.1. The van der Waals surface area contributed by atoms with E-state index in [-0.39, 0.29) is 5.41 Å². The van der Waals surface area contributed by atoms with Crippen LogP contribution in [-0.2, 0) is 5.41 Å². The van der Waals surface area contributed by atoms with Gasteiger partial charge in [-0.2, -0.15) is 0 Å². The van der Waals surface area contributed by atoms with Crippen molar-refractivity contribution in [2.75, 3.05) is 0 Å². The lowest BCUT2D eigenvalue weighted by Crippen LogP contribution is -2.16. The summed E-state index contributed by atoms with van der Waals surface area (Å²) in [5.74, 6) is 0. The monoisotopic (exact) mass is 648 g/mol. The van der Waals surface area contributed by atoms with Crippen molar-refractivity contribution in [3.05, 3.63) is 169 Å². The van der Waals surface area contributed by atoms with Gasteiger partial charge in [-0.25, -0.2) is 4.98 Å². The predicted octanol–water partition coefficient (Wildman–Crippen LogP) is 13.0. The van der Waals surface area contributed by atoms with Crippen LogP contribution < -0.4 is 0 Å². The summed E-state index contributed by atoms with van der Waals surface area (Å²) < 4.78 is 0. The zero-order valence-corrected chi connectivity index (χ0v) is 28.4. The summed E-state index contributed by atoms with van der Waals surface area (Å²) >= 11 is 0. The highest BCUT2D eigenvalue weighted by molar-refractivity contribution is 6.27. The summed E-state index contributed by atoms with van der Waals surface area (Å²) in [6.07, 6.45) is 3.80. The maximum Gasteiger partial charge on any atom is 0.0759 e. The SMILES string of the molecule is CC1(C)c2ccccc2-c2nc3ccc4ccccc4c3c(-c3ccc(-c4ccc5ccc6c(-c7cccnc7)ccc7ccc4c5c76)cc3)c21. The first kappa shape index (κ1) is 28.5. The van der Waals surface area contributed by atoms with Crippen LogP contribution in [0.3, 0.4) is 0 Å². The molecule has 0 N–H and O–H groups in total. The molecule has 1 aliphatic rings. The minimum Gasteiger partial charge on any atom is -0.264 e. The molecule has 0 radical (unpaired) electrons. The normalized spacial score (nSPS) is 13.5. The second-order valence-corrected chi connectivity index (χ2v) is 14.5. The summed E-state index contributed by atoms with van der Waals surface area (Å²) in [6.45, 7) is 4.72. The first-order valence-corrected chi connectivity index (χ1v) is 17.7. The average molecular weight is 649 g/mol. The number of fused-ring (bicyclic) bond motifs is 6. The van der Waals surface area contributed by atoms with Crippen molar-refractivity contribution >= 4 is 54.0 Å². The molecule has 0 unspecified atom stereocenters. The van der Waals surface area contributed by atoms with Crippen LogP contribution in [0.5, 0.6) is 0 Å². The van der Waals surface area contributed by atoms with Crippen LogP contribution in [0.2, 0.25) is 0 Å². The van der Waals surface area contributed by atoms with E-state index in [1.807, 2.05) is 18.5 Å². The van der Waals surface area contributed by atoms with E-state index >= 15 is 0 Å². The highest BCUT2D eigenvalue weighted by Gasteiger charge is 2.39. The molecule has 8 aromatic carbocycles. The molecule has 0 spiro atoms. The second-order valence-electron chi connectivity index (χ2n) is 14.5. The highest BCUT2D eigenvalue weighted by Crippen LogP contribution is 2.54. The van der Waals surface area contributed by atoms with Gasteiger partial charge in [0, 0.05) is 34.3 Å². The molecule has 0 fully saturated rings. The molecule has 0 amide bonds. The Bertz CT molecular complexity index is 3030. The number of hydrogen-bond acceptors (Lipinski definition) is 2. The van der Waals surface area contributed by atoms with Crippen LogP contribution >= 0.6 is 0 Å². The van der Waals surface area contributed by atoms with E-state index in [1.54, 1.807) is 0 Å². The lowest BCUT2D eigenvalue weighted by atomic mass is 9.78. The molecule has 0 atom stereocenters. The Morgan fingerprint density at radius 3 is 1.84 bits per heavy atom. The van der Waals surface area contributed by atoms with Gasteiger partial charge < -0.3 is 0 Å². The number of hydrogen-bond donors (Lipinski definition) is 0. The molecule has 11 rings (SSSR count). The quantitative estimate of drug-likeness (QED) is 0.178. The Kier molecular flexibility index (Phi) is 5.76. The van der Waals surface area contributed by atoms with Crippen molar-refractivity contribution in [3.63, 3.8) is 0 Å². The van der Waals surface area contributed by atoms with Gasteiger partial charge in [0.15, 0.2) is 0 Å². The minimum atomic E-state index is -0.196. The standard InChI is InChI=1S/C49H32N2/c1-49(2)41-12-6-5-11-40(41)48-47(49)45(46-37-10-4-3-8-29(37)21-26-42(46)51-48)33-15-13-30(14-16-33)35-22-17-31-20-25-39-36(34-9-7-27-50-28-34)23-18-32-19-24-38(35)43(31)44(32)39/h3-28H,1-2H3. The van der Waals surface area contributed by atoms with E-state index < -0.39 is 0 Å². The number of nitrogens with zero attached hydrogens (tertiary/aromatic N) is 2. The van der Waals surface area contributed by atoms with E-state index in [2.05, 4.69) is 158 Å². The van der Waals surface area contributed by atoms with Crippen molar-refractivity contribution in [2.45, 2.75) is 19.3 Å². The van der Waals surface area contributed by atoms with E-state index in [1.165, 1.54) is 93.0 Å². The second kappa shape index (κ2) is 10.3. The number of aromatic nitrogens is 2. The van der Waals surface area contributed by atoms with E-state index in [0.29, 0.717) is 0 Å². The fourth-order valence-corrected chi connectivity index (χ4v) is 9.14. The third-order valence-corrected chi connectivity index (χ3v) is 11.5. The molecule has 2 heteroatoms. The molecule has 51 heavy (non-hydrogen) atoms. The molecule has 0 bridgehead atoms. The van der Waals surface area contributed by atoms with E-state index in [4.69, 9.17) is 4.98 Å². The van der Waals surface area contributed by atoms with Gasteiger partial charge in [0.25, 0.3) is 0 Å². The van der Waals surface area contributed by atoms with Crippen molar-refractivity contribution in [1.82, 2.24) is 9.97 Å². The molecule has 1 aliphatic carbocycles. The summed E-state index contributed by atoms with van der Waals surface area (Å²) in [4.78, 5) is 9.81. The van der Waals surface area contributed by atoms with Gasteiger partial charge >= 0.3 is 0 Å². The zero-order valence-electron chi connectivity index (χ0n) is 28.4. The third kappa shape index (κ3) is 3.93. The maximum atomic E-state index is 5.39. The van der Waals surface area contributed by atoms with Crippen LogP contribution in [-0.4, -0.2) is 9.97 Å². The summed E-state index contributed by atoms with van der Waals surface area (Å²) in [6, 6.07) is 53.7. The molecule has 2 aromatic heterocycles. The van der Waals surface area contributed by atoms with Gasteiger partial charge in [-0.05, 0) is 94.2 Å². The smallest absolute Gasteiger partial charge is 0.0759 e. The van der Waals surface area contributed by atoms with Crippen LogP contribution in [0, 0.1) is 0 Å². The Morgan fingerprint density at radius 1 is 0.451 bits per heavy atom. The van der Waals surface area contributed by atoms with E-state index in [0.717, 1.165) is 16.8 Å². The van der Waals surface area contributed by atoms with Crippen LogP contribution in [0.15, 0.2) is 158 Å². The Balaban J connectivity index is 1.14. The Labute approximate surface area is 296 Å². The van der Waals surface area contributed by atoms with Crippen LogP contribution in [0.4, 0.5) is 0 Å². The summed E-state index contributed by atoms with van der Waals surface area (Å²) in [5, 5.41) is 11.4. The number of rotatable bonds is 3. The van der Waals surface area contributed by atoms with Gasteiger partial charge in [-0.3, -0.25) is 4.98 Å². The van der Waals surface area contributed by atoms with Crippen molar-refractivity contribution in [3.8, 4) is 44.6 Å². The van der Waals surface area contributed by atoms with Crippen LogP contribution in [0.1, 0.15) is 25.0 Å². The van der Waals surface area contributed by atoms with Gasteiger partial charge in [0.2, 0.25) is 0 Å². The fraction of sp³-hybridized carbons (Fsp3) is 0.0612. The Hall–Kier alpha value is -6.38. The van der Waals surface area contributed by atoms with Gasteiger partial charge in [-0.15, -0.1) is 0 Å². The van der Waals surface area contributed by atoms with Gasteiger partial charge in [-0.1, -0.05) is 147 Å².